The van der Waals surface area contributed by atoms with Gasteiger partial charge in [-0.15, -0.1) is 0 Å². The highest BCUT2D eigenvalue weighted by Gasteiger charge is 2.48. The largest absolute Gasteiger partial charge is 0.507 e. The summed E-state index contributed by atoms with van der Waals surface area (Å²) in [7, 11) is 3.16. The van der Waals surface area contributed by atoms with Crippen molar-refractivity contribution in [3.05, 3.63) is 64.2 Å². The second-order valence-electron chi connectivity index (χ2n) is 9.39. The molecular formula is C28H33NO6. The minimum atomic E-state index is -0.792. The number of para-hydroxylation sites is 1. The SMILES string of the molecule is COc1cc(C)c(/C(O)=C2\C(=O)C(=O)N(CC3CCCO3)C2c2ccccc2OC)cc1C(C)C. The number of hydrogen-bond acceptors (Lipinski definition) is 6. The first kappa shape index (κ1) is 24.8. The minimum Gasteiger partial charge on any atom is -0.507 e. The van der Waals surface area contributed by atoms with Gasteiger partial charge in [0.2, 0.25) is 0 Å². The number of nitrogens with zero attached hydrogens (tertiary/aromatic N) is 1. The first-order valence-electron chi connectivity index (χ1n) is 12.0. The Kier molecular flexibility index (Phi) is 7.17. The number of amides is 1. The third kappa shape index (κ3) is 4.52. The van der Waals surface area contributed by atoms with E-state index >= 15 is 0 Å². The van der Waals surface area contributed by atoms with E-state index in [1.165, 1.54) is 4.90 Å². The fraction of sp³-hybridized carbons (Fsp3) is 0.429. The molecule has 1 N–H and O–H groups in total. The quantitative estimate of drug-likeness (QED) is 0.351. The van der Waals surface area contributed by atoms with E-state index in [4.69, 9.17) is 14.2 Å². The number of aliphatic hydroxyl groups is 1. The number of methoxy groups -OCH3 is 2. The molecule has 35 heavy (non-hydrogen) atoms. The molecule has 2 unspecified atom stereocenters. The number of carbonyl (C=O) groups excluding carboxylic acids is 2. The highest BCUT2D eigenvalue weighted by Crippen LogP contribution is 2.44. The van der Waals surface area contributed by atoms with Crippen molar-refractivity contribution in [2.24, 2.45) is 0 Å². The van der Waals surface area contributed by atoms with E-state index < -0.39 is 17.7 Å². The molecule has 2 aromatic carbocycles. The van der Waals surface area contributed by atoms with Gasteiger partial charge in [0.1, 0.15) is 17.3 Å². The Bertz CT molecular complexity index is 1160. The summed E-state index contributed by atoms with van der Waals surface area (Å²) in [6.07, 6.45) is 1.58. The van der Waals surface area contributed by atoms with E-state index in [1.54, 1.807) is 20.3 Å². The van der Waals surface area contributed by atoms with Crippen molar-refractivity contribution < 1.29 is 28.9 Å². The standard InChI is InChI=1S/C28H33NO6/c1-16(2)20-14-21(17(3)13-23(20)34-5)26(30)24-25(19-10-6-7-11-22(19)33-4)29(28(32)27(24)31)15-18-9-8-12-35-18/h6-7,10-11,13-14,16,18,25,30H,8-9,12,15H2,1-5H3/b26-24+. The molecule has 2 heterocycles. The molecule has 1 amide bonds. The molecule has 2 aliphatic rings. The molecule has 2 aliphatic heterocycles. The van der Waals surface area contributed by atoms with Crippen LogP contribution in [0.1, 0.15) is 60.9 Å². The predicted molar refractivity (Wildman–Crippen MR) is 133 cm³/mol. The Morgan fingerprint density at radius 3 is 2.49 bits per heavy atom. The molecule has 7 heteroatoms. The number of hydrogen-bond donors (Lipinski definition) is 1. The first-order chi connectivity index (χ1) is 16.8. The van der Waals surface area contributed by atoms with Crippen LogP contribution in [0.15, 0.2) is 42.0 Å². The van der Waals surface area contributed by atoms with Crippen LogP contribution in [0.25, 0.3) is 5.76 Å². The Morgan fingerprint density at radius 2 is 1.86 bits per heavy atom. The summed E-state index contributed by atoms with van der Waals surface area (Å²) in [5.74, 6) is -0.169. The topological polar surface area (TPSA) is 85.3 Å². The highest BCUT2D eigenvalue weighted by atomic mass is 16.5. The number of Topliss-reactive ketones (excluding diaryl/α,β-unsaturated/α-hetero) is 1. The lowest BCUT2D eigenvalue weighted by Crippen LogP contribution is -2.36. The van der Waals surface area contributed by atoms with Crippen LogP contribution in [0, 0.1) is 6.92 Å². The zero-order valence-electron chi connectivity index (χ0n) is 21.0. The van der Waals surface area contributed by atoms with Crippen LogP contribution in [-0.2, 0) is 14.3 Å². The zero-order chi connectivity index (χ0) is 25.3. The fourth-order valence-electron chi connectivity index (χ4n) is 5.02. The van der Waals surface area contributed by atoms with Crippen molar-refractivity contribution in [1.29, 1.82) is 0 Å². The maximum absolute atomic E-state index is 13.4. The van der Waals surface area contributed by atoms with Gasteiger partial charge in [-0.3, -0.25) is 9.59 Å². The number of benzene rings is 2. The lowest BCUT2D eigenvalue weighted by Gasteiger charge is -2.28. The van der Waals surface area contributed by atoms with Crippen LogP contribution in [0.3, 0.4) is 0 Å². The van der Waals surface area contributed by atoms with Crippen molar-refractivity contribution in [1.82, 2.24) is 4.90 Å². The number of ketones is 1. The average Bonchev–Trinajstić information content (AvgIpc) is 3.45. The molecule has 0 radical (unpaired) electrons. The van der Waals surface area contributed by atoms with E-state index in [0.29, 0.717) is 29.2 Å². The van der Waals surface area contributed by atoms with Gasteiger partial charge >= 0.3 is 0 Å². The third-order valence-electron chi connectivity index (χ3n) is 6.85. The Morgan fingerprint density at radius 1 is 1.14 bits per heavy atom. The van der Waals surface area contributed by atoms with Crippen LogP contribution in [-0.4, -0.2) is 55.2 Å². The van der Waals surface area contributed by atoms with Gasteiger partial charge < -0.3 is 24.2 Å². The lowest BCUT2D eigenvalue weighted by atomic mass is 9.90. The van der Waals surface area contributed by atoms with Crippen LogP contribution in [0.2, 0.25) is 0 Å². The molecule has 2 fully saturated rings. The van der Waals surface area contributed by atoms with Gasteiger partial charge in [0.25, 0.3) is 11.7 Å². The second kappa shape index (κ2) is 10.1. The summed E-state index contributed by atoms with van der Waals surface area (Å²) in [6, 6.07) is 10.2. The second-order valence-corrected chi connectivity index (χ2v) is 9.39. The first-order valence-corrected chi connectivity index (χ1v) is 12.0. The summed E-state index contributed by atoms with van der Waals surface area (Å²) >= 11 is 0. The van der Waals surface area contributed by atoms with E-state index in [0.717, 1.165) is 24.0 Å². The van der Waals surface area contributed by atoms with Gasteiger partial charge in [0.05, 0.1) is 31.9 Å². The molecule has 2 aromatic rings. The molecule has 0 bridgehead atoms. The number of carbonyl (C=O) groups is 2. The van der Waals surface area contributed by atoms with Gasteiger partial charge in [-0.25, -0.2) is 0 Å². The van der Waals surface area contributed by atoms with Crippen LogP contribution < -0.4 is 9.47 Å². The summed E-state index contributed by atoms with van der Waals surface area (Å²) in [6.45, 7) is 6.82. The van der Waals surface area contributed by atoms with Crippen molar-refractivity contribution in [2.45, 2.75) is 51.7 Å². The molecule has 0 spiro atoms. The van der Waals surface area contributed by atoms with Gasteiger partial charge in [0.15, 0.2) is 0 Å². The maximum Gasteiger partial charge on any atom is 0.295 e. The lowest BCUT2D eigenvalue weighted by molar-refractivity contribution is -0.140. The zero-order valence-corrected chi connectivity index (χ0v) is 21.0. The fourth-order valence-corrected chi connectivity index (χ4v) is 5.02. The van der Waals surface area contributed by atoms with Crippen molar-refractivity contribution in [3.63, 3.8) is 0 Å². The third-order valence-corrected chi connectivity index (χ3v) is 6.85. The van der Waals surface area contributed by atoms with Crippen molar-refractivity contribution in [3.8, 4) is 11.5 Å². The normalized spacial score (nSPS) is 21.7. The molecule has 0 saturated carbocycles. The molecule has 7 nitrogen and oxygen atoms in total. The molecule has 0 aliphatic carbocycles. The van der Waals surface area contributed by atoms with Crippen molar-refractivity contribution in [2.75, 3.05) is 27.4 Å². The Balaban J connectivity index is 1.92. The van der Waals surface area contributed by atoms with E-state index in [1.807, 2.05) is 51.1 Å². The van der Waals surface area contributed by atoms with E-state index in [9.17, 15) is 14.7 Å². The summed E-state index contributed by atoms with van der Waals surface area (Å²) in [5, 5.41) is 11.6. The summed E-state index contributed by atoms with van der Waals surface area (Å²) in [5.41, 5.74) is 2.85. The van der Waals surface area contributed by atoms with Gasteiger partial charge in [-0.2, -0.15) is 0 Å². The van der Waals surface area contributed by atoms with Crippen LogP contribution in [0.4, 0.5) is 0 Å². The van der Waals surface area contributed by atoms with Crippen molar-refractivity contribution >= 4 is 17.4 Å². The number of likely N-dealkylation sites (tertiary alicyclic amines) is 1. The molecule has 0 aromatic heterocycles. The number of aliphatic hydroxyl groups excluding tert-OH is 1. The molecular weight excluding hydrogens is 446 g/mol. The maximum atomic E-state index is 13.4. The van der Waals surface area contributed by atoms with Crippen LogP contribution in [0.5, 0.6) is 11.5 Å². The Labute approximate surface area is 206 Å². The van der Waals surface area contributed by atoms with Crippen LogP contribution >= 0.6 is 0 Å². The Hall–Kier alpha value is -3.32. The monoisotopic (exact) mass is 479 g/mol. The smallest absolute Gasteiger partial charge is 0.295 e. The number of ether oxygens (including phenoxy) is 3. The summed E-state index contributed by atoms with van der Waals surface area (Å²) in [4.78, 5) is 28.2. The molecule has 2 saturated heterocycles. The number of aryl methyl sites for hydroxylation is 1. The molecule has 2 atom stereocenters. The van der Waals surface area contributed by atoms with E-state index in [2.05, 4.69) is 0 Å². The average molecular weight is 480 g/mol. The predicted octanol–water partition coefficient (Wildman–Crippen LogP) is 4.74. The van der Waals surface area contributed by atoms with E-state index in [-0.39, 0.29) is 29.9 Å². The molecule has 4 rings (SSSR count). The highest BCUT2D eigenvalue weighted by molar-refractivity contribution is 6.46. The minimum absolute atomic E-state index is 0.0560. The van der Waals surface area contributed by atoms with Gasteiger partial charge in [-0.1, -0.05) is 32.0 Å². The molecule has 186 valence electrons. The summed E-state index contributed by atoms with van der Waals surface area (Å²) < 4.78 is 16.9. The van der Waals surface area contributed by atoms with Gasteiger partial charge in [-0.05, 0) is 55.0 Å². The number of rotatable bonds is 7. The van der Waals surface area contributed by atoms with Gasteiger partial charge in [0, 0.05) is 24.3 Å².